The van der Waals surface area contributed by atoms with Gasteiger partial charge in [-0.2, -0.15) is 0 Å². The van der Waals surface area contributed by atoms with E-state index >= 15 is 0 Å². The van der Waals surface area contributed by atoms with Gasteiger partial charge in [0.1, 0.15) is 0 Å². The van der Waals surface area contributed by atoms with E-state index in [-0.39, 0.29) is 23.5 Å². The molecule has 29 heavy (non-hydrogen) atoms. The summed E-state index contributed by atoms with van der Waals surface area (Å²) in [6, 6.07) is 6.71. The standard InChI is InChI=1S/C16H24N6O2.C3H6OS/c1-20-8-10-21(11-9-20)15(23)12-19-16(24)13-2-4-14(5-3-13)22(18)7-6-17;1-2-3(4)5/h2-7H,8-12,17-18H2,1H3,(H,19,24);2H2,1H3,(H,4,5)/b7-6-;. The van der Waals surface area contributed by atoms with Gasteiger partial charge in [0.05, 0.1) is 12.2 Å². The van der Waals surface area contributed by atoms with E-state index in [0.29, 0.717) is 30.8 Å². The molecule has 1 heterocycles. The Morgan fingerprint density at radius 3 is 2.21 bits per heavy atom. The summed E-state index contributed by atoms with van der Waals surface area (Å²) in [6.45, 7) is 4.88. The summed E-state index contributed by atoms with van der Waals surface area (Å²) in [5.74, 6) is 5.38. The Kier molecular flexibility index (Phi) is 10.8. The van der Waals surface area contributed by atoms with E-state index in [9.17, 15) is 14.4 Å². The minimum Gasteiger partial charge on any atom is -0.403 e. The van der Waals surface area contributed by atoms with Crippen molar-refractivity contribution in [3.8, 4) is 0 Å². The molecule has 0 radical (unpaired) electrons. The molecule has 1 aliphatic heterocycles. The van der Waals surface area contributed by atoms with Crippen LogP contribution in [-0.4, -0.2) is 66.5 Å². The van der Waals surface area contributed by atoms with Crippen LogP contribution in [0.2, 0.25) is 0 Å². The molecule has 9 nitrogen and oxygen atoms in total. The van der Waals surface area contributed by atoms with Gasteiger partial charge in [0.15, 0.2) is 5.12 Å². The van der Waals surface area contributed by atoms with E-state index in [4.69, 9.17) is 11.6 Å². The normalized spacial score (nSPS) is 14.1. The van der Waals surface area contributed by atoms with Crippen molar-refractivity contribution in [2.45, 2.75) is 13.3 Å². The predicted molar refractivity (Wildman–Crippen MR) is 117 cm³/mol. The SMILES string of the molecule is CCC(=O)S.CN1CCN(C(=O)CNC(=O)c2ccc(N(N)/C=C\N)cc2)CC1. The highest BCUT2D eigenvalue weighted by molar-refractivity contribution is 7.96. The van der Waals surface area contributed by atoms with E-state index in [2.05, 4.69) is 22.8 Å². The van der Waals surface area contributed by atoms with E-state index < -0.39 is 0 Å². The van der Waals surface area contributed by atoms with Crippen molar-refractivity contribution < 1.29 is 14.4 Å². The van der Waals surface area contributed by atoms with Crippen molar-refractivity contribution in [1.29, 1.82) is 0 Å². The zero-order valence-electron chi connectivity index (χ0n) is 16.9. The molecule has 0 aliphatic carbocycles. The first kappa shape index (κ1) is 24.5. The number of carbonyl (C=O) groups excluding carboxylic acids is 3. The third kappa shape index (κ3) is 8.99. The number of piperazine rings is 1. The van der Waals surface area contributed by atoms with Gasteiger partial charge in [-0.25, -0.2) is 5.84 Å². The van der Waals surface area contributed by atoms with Gasteiger partial charge < -0.3 is 20.9 Å². The fraction of sp³-hybridized carbons (Fsp3) is 0.421. The lowest BCUT2D eigenvalue weighted by Crippen LogP contribution is -2.50. The number of thiol groups is 1. The Morgan fingerprint density at radius 2 is 1.72 bits per heavy atom. The third-order valence-electron chi connectivity index (χ3n) is 4.23. The summed E-state index contributed by atoms with van der Waals surface area (Å²) in [5, 5.41) is 3.95. The van der Waals surface area contributed by atoms with Crippen molar-refractivity contribution in [1.82, 2.24) is 15.1 Å². The minimum atomic E-state index is -0.290. The van der Waals surface area contributed by atoms with E-state index in [1.54, 1.807) is 36.1 Å². The van der Waals surface area contributed by atoms with E-state index in [1.165, 1.54) is 17.4 Å². The van der Waals surface area contributed by atoms with Gasteiger partial charge in [-0.3, -0.25) is 19.4 Å². The number of benzene rings is 1. The predicted octanol–water partition coefficient (Wildman–Crippen LogP) is 0.153. The van der Waals surface area contributed by atoms with E-state index in [0.717, 1.165) is 13.1 Å². The minimum absolute atomic E-state index is 0.00320. The number of nitrogens with two attached hydrogens (primary N) is 2. The molecule has 0 unspecified atom stereocenters. The smallest absolute Gasteiger partial charge is 0.251 e. The molecule has 1 aliphatic rings. The van der Waals surface area contributed by atoms with Crippen LogP contribution in [0.3, 0.4) is 0 Å². The number of carbonyl (C=O) groups is 3. The summed E-state index contributed by atoms with van der Waals surface area (Å²) in [4.78, 5) is 37.8. The topological polar surface area (TPSA) is 125 Å². The zero-order valence-corrected chi connectivity index (χ0v) is 17.8. The fourth-order valence-corrected chi connectivity index (χ4v) is 2.39. The van der Waals surface area contributed by atoms with Gasteiger partial charge in [-0.05, 0) is 31.3 Å². The van der Waals surface area contributed by atoms with Crippen LogP contribution in [0, 0.1) is 0 Å². The number of hydrogen-bond donors (Lipinski definition) is 4. The van der Waals surface area contributed by atoms with Crippen molar-refractivity contribution in [2.75, 3.05) is 44.8 Å². The summed E-state index contributed by atoms with van der Waals surface area (Å²) < 4.78 is 0. The molecule has 0 saturated carbocycles. The molecule has 0 spiro atoms. The Morgan fingerprint density at radius 1 is 1.17 bits per heavy atom. The average Bonchev–Trinajstić information content (AvgIpc) is 2.73. The third-order valence-corrected chi connectivity index (χ3v) is 4.55. The maximum atomic E-state index is 12.1. The first-order chi connectivity index (χ1) is 13.8. The molecule has 1 aromatic rings. The number of likely N-dealkylation sites (N-methyl/N-ethyl adjacent to an activating group) is 1. The maximum absolute atomic E-state index is 12.1. The second kappa shape index (κ2) is 12.8. The van der Waals surface area contributed by atoms with Crippen LogP contribution in [0.4, 0.5) is 5.69 Å². The fourth-order valence-electron chi connectivity index (χ4n) is 2.39. The quantitative estimate of drug-likeness (QED) is 0.292. The number of hydrazine groups is 1. The number of anilines is 1. The molecule has 5 N–H and O–H groups in total. The molecule has 10 heteroatoms. The highest BCUT2D eigenvalue weighted by Gasteiger charge is 2.19. The largest absolute Gasteiger partial charge is 0.403 e. The highest BCUT2D eigenvalue weighted by Crippen LogP contribution is 2.12. The van der Waals surface area contributed by atoms with Crippen molar-refractivity contribution >= 4 is 35.2 Å². The lowest BCUT2D eigenvalue weighted by atomic mass is 10.2. The molecule has 2 amide bonds. The molecular weight excluding hydrogens is 392 g/mol. The molecule has 0 aromatic heterocycles. The number of nitrogens with one attached hydrogen (secondary N) is 1. The summed E-state index contributed by atoms with van der Waals surface area (Å²) in [5.41, 5.74) is 6.44. The molecule has 0 bridgehead atoms. The van der Waals surface area contributed by atoms with Crippen LogP contribution in [-0.2, 0) is 9.59 Å². The second-order valence-corrected chi connectivity index (χ2v) is 6.91. The molecule has 1 saturated heterocycles. The maximum Gasteiger partial charge on any atom is 0.251 e. The van der Waals surface area contributed by atoms with Gasteiger partial charge in [0.25, 0.3) is 5.91 Å². The number of rotatable bonds is 6. The number of amides is 2. The van der Waals surface area contributed by atoms with Gasteiger partial charge >= 0.3 is 0 Å². The van der Waals surface area contributed by atoms with Crippen LogP contribution in [0.1, 0.15) is 23.7 Å². The van der Waals surface area contributed by atoms with Gasteiger partial charge in [-0.1, -0.05) is 6.92 Å². The van der Waals surface area contributed by atoms with Gasteiger partial charge in [0.2, 0.25) is 5.91 Å². The van der Waals surface area contributed by atoms with Crippen LogP contribution in [0.15, 0.2) is 36.7 Å². The summed E-state index contributed by atoms with van der Waals surface area (Å²) >= 11 is 3.46. The summed E-state index contributed by atoms with van der Waals surface area (Å²) in [6.07, 6.45) is 3.36. The zero-order chi connectivity index (χ0) is 21.8. The molecule has 0 atom stereocenters. The second-order valence-electron chi connectivity index (χ2n) is 6.41. The molecule has 160 valence electrons. The number of nitrogens with zero attached hydrogens (tertiary/aromatic N) is 3. The Balaban J connectivity index is 0.000000749. The Labute approximate surface area is 177 Å². The Bertz CT molecular complexity index is 702. The van der Waals surface area contributed by atoms with Crippen LogP contribution in [0.5, 0.6) is 0 Å². The molecule has 2 rings (SSSR count). The average molecular weight is 423 g/mol. The molecular formula is C19H30N6O3S. The van der Waals surface area contributed by atoms with Crippen molar-refractivity contribution in [2.24, 2.45) is 11.6 Å². The highest BCUT2D eigenvalue weighted by atomic mass is 32.1. The lowest BCUT2D eigenvalue weighted by Gasteiger charge is -2.32. The first-order valence-corrected chi connectivity index (χ1v) is 9.71. The Hall–Kier alpha value is -2.56. The molecule has 1 fully saturated rings. The van der Waals surface area contributed by atoms with Crippen molar-refractivity contribution in [3.05, 3.63) is 42.2 Å². The number of hydrogen-bond acceptors (Lipinski definition) is 7. The van der Waals surface area contributed by atoms with E-state index in [1.807, 2.05) is 7.05 Å². The van der Waals surface area contributed by atoms with Crippen LogP contribution < -0.4 is 21.9 Å². The first-order valence-electron chi connectivity index (χ1n) is 9.27. The summed E-state index contributed by atoms with van der Waals surface area (Å²) in [7, 11) is 2.03. The molecule has 1 aromatic carbocycles. The van der Waals surface area contributed by atoms with Crippen LogP contribution >= 0.6 is 12.6 Å². The van der Waals surface area contributed by atoms with Crippen molar-refractivity contribution in [3.63, 3.8) is 0 Å². The van der Waals surface area contributed by atoms with Gasteiger partial charge in [-0.15, -0.1) is 12.6 Å². The van der Waals surface area contributed by atoms with Gasteiger partial charge in [0, 0.05) is 50.6 Å². The monoisotopic (exact) mass is 422 g/mol. The lowest BCUT2D eigenvalue weighted by molar-refractivity contribution is -0.131. The van der Waals surface area contributed by atoms with Crippen LogP contribution in [0.25, 0.3) is 0 Å².